The molecule has 0 aliphatic heterocycles. The highest BCUT2D eigenvalue weighted by atomic mass is 32.1. The van der Waals surface area contributed by atoms with Crippen LogP contribution in [0.5, 0.6) is 0 Å². The van der Waals surface area contributed by atoms with Crippen LogP contribution in [0.15, 0.2) is 60.0 Å². The summed E-state index contributed by atoms with van der Waals surface area (Å²) in [6, 6.07) is 14.1. The molecule has 4 nitrogen and oxygen atoms in total. The molecule has 3 rings (SSSR count). The molecule has 1 heterocycles. The summed E-state index contributed by atoms with van der Waals surface area (Å²) in [7, 11) is 0. The topological polar surface area (TPSA) is 54.0 Å². The van der Waals surface area contributed by atoms with E-state index in [0.29, 0.717) is 5.56 Å². The number of hydrogen-bond acceptors (Lipinski definition) is 3. The minimum atomic E-state index is -4.40. The second-order valence-corrected chi connectivity index (χ2v) is 6.67. The van der Waals surface area contributed by atoms with Crippen LogP contribution >= 0.6 is 11.3 Å². The molecular formula is C19H16F3N3OS. The number of nitrogens with zero attached hydrogens (tertiary/aromatic N) is 1. The van der Waals surface area contributed by atoms with Gasteiger partial charge in [-0.05, 0) is 17.7 Å². The van der Waals surface area contributed by atoms with Gasteiger partial charge in [-0.15, -0.1) is 11.3 Å². The van der Waals surface area contributed by atoms with Gasteiger partial charge in [0, 0.05) is 17.5 Å². The number of urea groups is 1. The Morgan fingerprint density at radius 2 is 1.74 bits per heavy atom. The van der Waals surface area contributed by atoms with E-state index in [0.717, 1.165) is 28.4 Å². The Kier molecular flexibility index (Phi) is 5.75. The van der Waals surface area contributed by atoms with E-state index in [2.05, 4.69) is 15.6 Å². The molecule has 2 N–H and O–H groups in total. The highest BCUT2D eigenvalue weighted by Gasteiger charge is 2.30. The van der Waals surface area contributed by atoms with Crippen molar-refractivity contribution in [2.24, 2.45) is 0 Å². The summed E-state index contributed by atoms with van der Waals surface area (Å²) in [5, 5.41) is 7.85. The van der Waals surface area contributed by atoms with E-state index >= 15 is 0 Å². The van der Waals surface area contributed by atoms with Crippen molar-refractivity contribution in [3.8, 4) is 11.3 Å². The Morgan fingerprint density at radius 1 is 1.00 bits per heavy atom. The fourth-order valence-electron chi connectivity index (χ4n) is 2.39. The molecule has 2 aromatic carbocycles. The Balaban J connectivity index is 1.50. The number of benzene rings is 2. The number of hydrogen-bond donors (Lipinski definition) is 2. The lowest BCUT2D eigenvalue weighted by Crippen LogP contribution is -2.34. The zero-order valence-electron chi connectivity index (χ0n) is 14.1. The summed E-state index contributed by atoms with van der Waals surface area (Å²) in [6.07, 6.45) is -4.40. The van der Waals surface area contributed by atoms with Crippen LogP contribution in [0.25, 0.3) is 11.3 Å². The lowest BCUT2D eigenvalue weighted by molar-refractivity contribution is -0.137. The SMILES string of the molecule is O=C(NCc1cccc(C(F)(F)F)c1)NCc1nc(-c2ccccc2)cs1. The van der Waals surface area contributed by atoms with E-state index in [1.54, 1.807) is 0 Å². The van der Waals surface area contributed by atoms with Gasteiger partial charge in [-0.1, -0.05) is 42.5 Å². The fraction of sp³-hybridized carbons (Fsp3) is 0.158. The zero-order valence-corrected chi connectivity index (χ0v) is 14.9. The Hall–Kier alpha value is -2.87. The molecule has 8 heteroatoms. The van der Waals surface area contributed by atoms with Crippen LogP contribution < -0.4 is 10.6 Å². The number of halogens is 3. The predicted molar refractivity (Wildman–Crippen MR) is 98.1 cm³/mol. The third-order valence-electron chi connectivity index (χ3n) is 3.73. The maximum atomic E-state index is 12.7. The summed E-state index contributed by atoms with van der Waals surface area (Å²) < 4.78 is 38.1. The first kappa shape index (κ1) is 18.9. The van der Waals surface area contributed by atoms with Crippen LogP contribution in [0.4, 0.5) is 18.0 Å². The van der Waals surface area contributed by atoms with Crippen LogP contribution in [0.3, 0.4) is 0 Å². The maximum Gasteiger partial charge on any atom is 0.416 e. The molecule has 0 aliphatic rings. The van der Waals surface area contributed by atoms with Crippen LogP contribution in [0.2, 0.25) is 0 Å². The van der Waals surface area contributed by atoms with Gasteiger partial charge in [-0.3, -0.25) is 0 Å². The number of rotatable bonds is 5. The summed E-state index contributed by atoms with van der Waals surface area (Å²) in [5.74, 6) is 0. The zero-order chi connectivity index (χ0) is 19.3. The third kappa shape index (κ3) is 5.30. The molecule has 0 atom stereocenters. The second-order valence-electron chi connectivity index (χ2n) is 5.73. The first-order chi connectivity index (χ1) is 12.9. The van der Waals surface area contributed by atoms with Crippen molar-refractivity contribution in [3.63, 3.8) is 0 Å². The highest BCUT2D eigenvalue weighted by molar-refractivity contribution is 7.09. The van der Waals surface area contributed by atoms with Gasteiger partial charge in [0.2, 0.25) is 0 Å². The van der Waals surface area contributed by atoms with Crippen molar-refractivity contribution in [1.82, 2.24) is 15.6 Å². The normalized spacial score (nSPS) is 11.2. The summed E-state index contributed by atoms with van der Waals surface area (Å²) in [6.45, 7) is 0.245. The molecule has 0 saturated heterocycles. The quantitative estimate of drug-likeness (QED) is 0.655. The maximum absolute atomic E-state index is 12.7. The average molecular weight is 391 g/mol. The first-order valence-corrected chi connectivity index (χ1v) is 8.97. The summed E-state index contributed by atoms with van der Waals surface area (Å²) in [4.78, 5) is 16.3. The molecular weight excluding hydrogens is 375 g/mol. The van der Waals surface area contributed by atoms with Crippen molar-refractivity contribution in [2.45, 2.75) is 19.3 Å². The lowest BCUT2D eigenvalue weighted by atomic mass is 10.1. The van der Waals surface area contributed by atoms with Crippen LogP contribution in [-0.4, -0.2) is 11.0 Å². The molecule has 0 radical (unpaired) electrons. The number of aromatic nitrogens is 1. The van der Waals surface area contributed by atoms with Gasteiger partial charge in [0.25, 0.3) is 0 Å². The summed E-state index contributed by atoms with van der Waals surface area (Å²) >= 11 is 1.43. The first-order valence-electron chi connectivity index (χ1n) is 8.09. The molecule has 2 amide bonds. The monoisotopic (exact) mass is 391 g/mol. The molecule has 27 heavy (non-hydrogen) atoms. The minimum absolute atomic E-state index is 0.00286. The Labute approximate surface area is 158 Å². The van der Waals surface area contributed by atoms with E-state index in [4.69, 9.17) is 0 Å². The van der Waals surface area contributed by atoms with E-state index in [1.165, 1.54) is 23.5 Å². The van der Waals surface area contributed by atoms with Crippen LogP contribution in [0.1, 0.15) is 16.1 Å². The highest BCUT2D eigenvalue weighted by Crippen LogP contribution is 2.29. The van der Waals surface area contributed by atoms with Gasteiger partial charge in [-0.25, -0.2) is 9.78 Å². The molecule has 0 bridgehead atoms. The standard InChI is InChI=1S/C19H16F3N3OS/c20-19(21,22)15-8-4-5-13(9-15)10-23-18(26)24-11-17-25-16(12-27-17)14-6-2-1-3-7-14/h1-9,12H,10-11H2,(H2,23,24,26). The van der Waals surface area contributed by atoms with Crippen LogP contribution in [0, 0.1) is 0 Å². The van der Waals surface area contributed by atoms with Crippen molar-refractivity contribution < 1.29 is 18.0 Å². The second kappa shape index (κ2) is 8.22. The van der Waals surface area contributed by atoms with Crippen LogP contribution in [-0.2, 0) is 19.3 Å². The van der Waals surface area contributed by atoms with Crippen molar-refractivity contribution in [3.05, 3.63) is 76.1 Å². The molecule has 0 saturated carbocycles. The van der Waals surface area contributed by atoms with Crippen molar-refractivity contribution >= 4 is 17.4 Å². The Bertz CT molecular complexity index is 910. The molecule has 1 aromatic heterocycles. The van der Waals surface area contributed by atoms with E-state index in [-0.39, 0.29) is 13.1 Å². The largest absolute Gasteiger partial charge is 0.416 e. The predicted octanol–water partition coefficient (Wildman–Crippen LogP) is 4.83. The van der Waals surface area contributed by atoms with E-state index in [1.807, 2.05) is 35.7 Å². The number of thiazole rings is 1. The van der Waals surface area contributed by atoms with Crippen molar-refractivity contribution in [1.29, 1.82) is 0 Å². The molecule has 0 fully saturated rings. The average Bonchev–Trinajstić information content (AvgIpc) is 3.14. The number of alkyl halides is 3. The Morgan fingerprint density at radius 3 is 2.48 bits per heavy atom. The van der Waals surface area contributed by atoms with Gasteiger partial charge in [0.1, 0.15) is 5.01 Å². The smallest absolute Gasteiger partial charge is 0.334 e. The van der Waals surface area contributed by atoms with Crippen molar-refractivity contribution in [2.75, 3.05) is 0 Å². The van der Waals surface area contributed by atoms with Gasteiger partial charge in [0.05, 0.1) is 17.8 Å². The molecule has 140 valence electrons. The van der Waals surface area contributed by atoms with Gasteiger partial charge >= 0.3 is 12.2 Å². The number of amides is 2. The fourth-order valence-corrected chi connectivity index (χ4v) is 3.13. The molecule has 3 aromatic rings. The molecule has 0 spiro atoms. The number of carbonyl (C=O) groups is 1. The van der Waals surface area contributed by atoms with Gasteiger partial charge in [-0.2, -0.15) is 13.2 Å². The van der Waals surface area contributed by atoms with E-state index in [9.17, 15) is 18.0 Å². The summed E-state index contributed by atoms with van der Waals surface area (Å²) in [5.41, 5.74) is 1.47. The van der Waals surface area contributed by atoms with Gasteiger partial charge < -0.3 is 10.6 Å². The minimum Gasteiger partial charge on any atom is -0.334 e. The lowest BCUT2D eigenvalue weighted by Gasteiger charge is -2.10. The third-order valence-corrected chi connectivity index (χ3v) is 4.58. The van der Waals surface area contributed by atoms with Gasteiger partial charge in [0.15, 0.2) is 0 Å². The van der Waals surface area contributed by atoms with E-state index < -0.39 is 17.8 Å². The molecule has 0 unspecified atom stereocenters. The molecule has 0 aliphatic carbocycles. The number of carbonyl (C=O) groups excluding carboxylic acids is 1. The number of nitrogens with one attached hydrogen (secondary N) is 2.